The third-order valence-electron chi connectivity index (χ3n) is 2.57. The zero-order chi connectivity index (χ0) is 11.7. The largest absolute Gasteiger partial charge is 0.398 e. The van der Waals surface area contributed by atoms with Gasteiger partial charge in [0.15, 0.2) is 5.82 Å². The van der Waals surface area contributed by atoms with Crippen molar-refractivity contribution >= 4 is 11.5 Å². The maximum atomic E-state index is 12.1. The summed E-state index contributed by atoms with van der Waals surface area (Å²) in [7, 11) is 1.79. The molecule has 2 aromatic rings. The molecule has 1 aromatic carbocycles. The van der Waals surface area contributed by atoms with Gasteiger partial charge in [-0.05, 0) is 18.6 Å². The summed E-state index contributed by atoms with van der Waals surface area (Å²) < 4.78 is 1.69. The zero-order valence-electron chi connectivity index (χ0n) is 9.27. The molecule has 0 radical (unpaired) electrons. The van der Waals surface area contributed by atoms with Crippen LogP contribution >= 0.6 is 0 Å². The number of hydrogen-bond acceptors (Lipinski definition) is 3. The fraction of sp³-hybridized carbons (Fsp3) is 0.167. The van der Waals surface area contributed by atoms with Gasteiger partial charge in [0.1, 0.15) is 0 Å². The lowest BCUT2D eigenvalue weighted by Crippen LogP contribution is -2.09. The van der Waals surface area contributed by atoms with Crippen LogP contribution in [0.3, 0.4) is 0 Å². The van der Waals surface area contributed by atoms with Crippen molar-refractivity contribution in [2.75, 3.05) is 5.73 Å². The first-order valence-corrected chi connectivity index (χ1v) is 4.97. The van der Waals surface area contributed by atoms with Gasteiger partial charge in [0, 0.05) is 30.7 Å². The monoisotopic (exact) mass is 215 g/mol. The minimum absolute atomic E-state index is 0.112. The highest BCUT2D eigenvalue weighted by Gasteiger charge is 2.13. The standard InChI is InChI=1S/C12H13N3O/c1-8-3-4-9(7-10(8)13)11(16)12-14-5-6-15(12)2/h3-7H,13H2,1-2H3. The average Bonchev–Trinajstić information content (AvgIpc) is 2.67. The Balaban J connectivity index is 2.42. The third kappa shape index (κ3) is 1.69. The van der Waals surface area contributed by atoms with E-state index in [1.165, 1.54) is 0 Å². The van der Waals surface area contributed by atoms with Gasteiger partial charge in [0.05, 0.1) is 0 Å². The number of aryl methyl sites for hydroxylation is 2. The second kappa shape index (κ2) is 3.81. The Hall–Kier alpha value is -2.10. The van der Waals surface area contributed by atoms with Crippen LogP contribution < -0.4 is 5.73 Å². The van der Waals surface area contributed by atoms with Crippen molar-refractivity contribution in [2.45, 2.75) is 6.92 Å². The highest BCUT2D eigenvalue weighted by Crippen LogP contribution is 2.15. The number of ketones is 1. The predicted octanol–water partition coefficient (Wildman–Crippen LogP) is 1.54. The van der Waals surface area contributed by atoms with E-state index in [1.54, 1.807) is 36.1 Å². The van der Waals surface area contributed by atoms with Gasteiger partial charge >= 0.3 is 0 Å². The van der Waals surface area contributed by atoms with E-state index < -0.39 is 0 Å². The molecule has 1 heterocycles. The Morgan fingerprint density at radius 3 is 2.75 bits per heavy atom. The Morgan fingerprint density at radius 2 is 2.19 bits per heavy atom. The van der Waals surface area contributed by atoms with E-state index in [1.807, 2.05) is 13.0 Å². The molecule has 0 amide bonds. The summed E-state index contributed by atoms with van der Waals surface area (Å²) in [6.07, 6.45) is 3.34. The van der Waals surface area contributed by atoms with E-state index in [0.29, 0.717) is 17.1 Å². The molecule has 0 aliphatic carbocycles. The van der Waals surface area contributed by atoms with E-state index >= 15 is 0 Å². The molecule has 16 heavy (non-hydrogen) atoms. The number of hydrogen-bond donors (Lipinski definition) is 1. The van der Waals surface area contributed by atoms with Crippen molar-refractivity contribution in [3.63, 3.8) is 0 Å². The molecule has 0 saturated heterocycles. The number of nitrogens with zero attached hydrogens (tertiary/aromatic N) is 2. The molecule has 0 spiro atoms. The highest BCUT2D eigenvalue weighted by molar-refractivity contribution is 6.07. The second-order valence-electron chi connectivity index (χ2n) is 3.76. The Bertz CT molecular complexity index is 543. The summed E-state index contributed by atoms with van der Waals surface area (Å²) in [4.78, 5) is 16.1. The first-order chi connectivity index (χ1) is 7.59. The number of benzene rings is 1. The lowest BCUT2D eigenvalue weighted by Gasteiger charge is -2.04. The van der Waals surface area contributed by atoms with Gasteiger partial charge < -0.3 is 10.3 Å². The van der Waals surface area contributed by atoms with E-state index in [0.717, 1.165) is 5.56 Å². The van der Waals surface area contributed by atoms with Crippen molar-refractivity contribution in [3.8, 4) is 0 Å². The van der Waals surface area contributed by atoms with Crippen LogP contribution in [0.4, 0.5) is 5.69 Å². The van der Waals surface area contributed by atoms with E-state index in [9.17, 15) is 4.79 Å². The molecular weight excluding hydrogens is 202 g/mol. The SMILES string of the molecule is Cc1ccc(C(=O)c2nccn2C)cc1N. The summed E-state index contributed by atoms with van der Waals surface area (Å²) >= 11 is 0. The van der Waals surface area contributed by atoms with Crippen molar-refractivity contribution < 1.29 is 4.79 Å². The normalized spacial score (nSPS) is 10.4. The number of anilines is 1. The summed E-state index contributed by atoms with van der Waals surface area (Å²) in [6.45, 7) is 1.91. The van der Waals surface area contributed by atoms with Crippen LogP contribution in [0.2, 0.25) is 0 Å². The first-order valence-electron chi connectivity index (χ1n) is 4.97. The molecule has 82 valence electrons. The van der Waals surface area contributed by atoms with Crippen LogP contribution in [0.15, 0.2) is 30.6 Å². The Labute approximate surface area is 93.7 Å². The lowest BCUT2D eigenvalue weighted by atomic mass is 10.1. The van der Waals surface area contributed by atoms with Crippen molar-refractivity contribution in [1.29, 1.82) is 0 Å². The number of imidazole rings is 1. The predicted molar refractivity (Wildman–Crippen MR) is 62.2 cm³/mol. The molecule has 1 aromatic heterocycles. The maximum absolute atomic E-state index is 12.1. The van der Waals surface area contributed by atoms with E-state index in [4.69, 9.17) is 5.73 Å². The first kappa shape index (κ1) is 10.4. The van der Waals surface area contributed by atoms with Crippen LogP contribution in [0.25, 0.3) is 0 Å². The molecule has 4 heteroatoms. The summed E-state index contributed by atoms with van der Waals surface area (Å²) in [5.74, 6) is 0.308. The summed E-state index contributed by atoms with van der Waals surface area (Å²) in [6, 6.07) is 5.29. The molecule has 0 aliphatic heterocycles. The molecule has 0 atom stereocenters. The average molecular weight is 215 g/mol. The number of carbonyl (C=O) groups excluding carboxylic acids is 1. The molecule has 2 rings (SSSR count). The zero-order valence-corrected chi connectivity index (χ0v) is 9.27. The fourth-order valence-electron chi connectivity index (χ4n) is 1.50. The lowest BCUT2D eigenvalue weighted by molar-refractivity contribution is 0.102. The fourth-order valence-corrected chi connectivity index (χ4v) is 1.50. The molecule has 4 nitrogen and oxygen atoms in total. The molecule has 0 bridgehead atoms. The van der Waals surface area contributed by atoms with Crippen molar-refractivity contribution in [3.05, 3.63) is 47.5 Å². The van der Waals surface area contributed by atoms with E-state index in [2.05, 4.69) is 4.98 Å². The van der Waals surface area contributed by atoms with Crippen LogP contribution in [-0.2, 0) is 7.05 Å². The molecule has 2 N–H and O–H groups in total. The van der Waals surface area contributed by atoms with Crippen LogP contribution in [0.5, 0.6) is 0 Å². The third-order valence-corrected chi connectivity index (χ3v) is 2.57. The molecule has 0 aliphatic rings. The van der Waals surface area contributed by atoms with Gasteiger partial charge in [-0.3, -0.25) is 4.79 Å². The maximum Gasteiger partial charge on any atom is 0.228 e. The quantitative estimate of drug-likeness (QED) is 0.610. The molecular formula is C12H13N3O. The van der Waals surface area contributed by atoms with Crippen molar-refractivity contribution in [2.24, 2.45) is 7.05 Å². The Kier molecular flexibility index (Phi) is 2.48. The number of carbonyl (C=O) groups is 1. The van der Waals surface area contributed by atoms with Crippen LogP contribution in [0, 0.1) is 6.92 Å². The number of nitrogens with two attached hydrogens (primary N) is 1. The molecule has 0 saturated carbocycles. The van der Waals surface area contributed by atoms with Gasteiger partial charge in [0.25, 0.3) is 0 Å². The molecule has 0 unspecified atom stereocenters. The van der Waals surface area contributed by atoms with Gasteiger partial charge in [-0.2, -0.15) is 0 Å². The highest BCUT2D eigenvalue weighted by atomic mass is 16.1. The topological polar surface area (TPSA) is 60.9 Å². The second-order valence-corrected chi connectivity index (χ2v) is 3.76. The summed E-state index contributed by atoms with van der Waals surface area (Å²) in [5, 5.41) is 0. The summed E-state index contributed by atoms with van der Waals surface area (Å²) in [5.41, 5.74) is 7.93. The van der Waals surface area contributed by atoms with Gasteiger partial charge in [0.2, 0.25) is 5.78 Å². The minimum Gasteiger partial charge on any atom is -0.398 e. The minimum atomic E-state index is -0.112. The number of rotatable bonds is 2. The van der Waals surface area contributed by atoms with Crippen LogP contribution in [0.1, 0.15) is 21.7 Å². The van der Waals surface area contributed by atoms with Crippen molar-refractivity contribution in [1.82, 2.24) is 9.55 Å². The molecule has 0 fully saturated rings. The number of nitrogen functional groups attached to an aromatic ring is 1. The van der Waals surface area contributed by atoms with Gasteiger partial charge in [-0.25, -0.2) is 4.98 Å². The van der Waals surface area contributed by atoms with E-state index in [-0.39, 0.29) is 5.78 Å². The van der Waals surface area contributed by atoms with Gasteiger partial charge in [-0.15, -0.1) is 0 Å². The van der Waals surface area contributed by atoms with Gasteiger partial charge in [-0.1, -0.05) is 12.1 Å². The Morgan fingerprint density at radius 1 is 1.44 bits per heavy atom. The van der Waals surface area contributed by atoms with Crippen LogP contribution in [-0.4, -0.2) is 15.3 Å². The smallest absolute Gasteiger partial charge is 0.228 e. The number of aromatic nitrogens is 2.